The third-order valence-electron chi connectivity index (χ3n) is 5.25. The lowest BCUT2D eigenvalue weighted by molar-refractivity contribution is -0.133. The first-order valence-electron chi connectivity index (χ1n) is 10.1. The van der Waals surface area contributed by atoms with E-state index in [0.717, 1.165) is 5.56 Å². The number of allylic oxidation sites excluding steroid dienone is 1. The summed E-state index contributed by atoms with van der Waals surface area (Å²) in [6, 6.07) is 15.4. The van der Waals surface area contributed by atoms with E-state index in [-0.39, 0.29) is 18.0 Å². The van der Waals surface area contributed by atoms with E-state index in [1.54, 1.807) is 81.8 Å². The number of esters is 1. The third kappa shape index (κ3) is 4.71. The molecule has 4 rings (SSSR count). The molecular weight excluding hydrogens is 444 g/mol. The smallest absolute Gasteiger partial charge is 0.315 e. The predicted molar refractivity (Wildman–Crippen MR) is 124 cm³/mol. The van der Waals surface area contributed by atoms with Gasteiger partial charge < -0.3 is 18.9 Å². The fraction of sp³-hybridized carbons (Fsp3) is 0.154. The van der Waals surface area contributed by atoms with Gasteiger partial charge in [0, 0.05) is 16.1 Å². The Bertz CT molecular complexity index is 1260. The number of hydrogen-bond donors (Lipinski definition) is 0. The van der Waals surface area contributed by atoms with E-state index >= 15 is 0 Å². The molecule has 1 heterocycles. The van der Waals surface area contributed by atoms with Crippen LogP contribution in [0.2, 0.25) is 5.02 Å². The largest absolute Gasteiger partial charge is 0.497 e. The molecule has 0 aliphatic carbocycles. The van der Waals surface area contributed by atoms with Crippen LogP contribution in [0, 0.1) is 6.92 Å². The third-order valence-corrected chi connectivity index (χ3v) is 5.50. The second kappa shape index (κ2) is 9.38. The zero-order chi connectivity index (χ0) is 23.5. The minimum Gasteiger partial charge on any atom is -0.497 e. The van der Waals surface area contributed by atoms with Gasteiger partial charge in [0.05, 0.1) is 26.2 Å². The molecule has 1 aliphatic rings. The predicted octanol–water partition coefficient (Wildman–Crippen LogP) is 5.43. The van der Waals surface area contributed by atoms with Gasteiger partial charge in [-0.05, 0) is 61.0 Å². The molecule has 6 nitrogen and oxygen atoms in total. The maximum absolute atomic E-state index is 12.9. The first kappa shape index (κ1) is 22.4. The molecule has 0 radical (unpaired) electrons. The first-order valence-corrected chi connectivity index (χ1v) is 10.5. The average Bonchev–Trinajstić information content (AvgIpc) is 3.13. The lowest BCUT2D eigenvalue weighted by Gasteiger charge is -2.10. The molecular formula is C26H21ClO6. The van der Waals surface area contributed by atoms with Crippen molar-refractivity contribution in [2.75, 3.05) is 14.2 Å². The Morgan fingerprint density at radius 2 is 1.73 bits per heavy atom. The molecule has 0 atom stereocenters. The lowest BCUT2D eigenvalue weighted by atomic mass is 10.1. The van der Waals surface area contributed by atoms with Gasteiger partial charge in [-0.1, -0.05) is 23.7 Å². The van der Waals surface area contributed by atoms with Gasteiger partial charge >= 0.3 is 5.97 Å². The maximum Gasteiger partial charge on any atom is 0.315 e. The van der Waals surface area contributed by atoms with Crippen molar-refractivity contribution in [1.82, 2.24) is 0 Å². The first-order chi connectivity index (χ1) is 15.9. The highest BCUT2D eigenvalue weighted by Gasteiger charge is 2.31. The van der Waals surface area contributed by atoms with E-state index in [1.165, 1.54) is 0 Å². The van der Waals surface area contributed by atoms with Crippen molar-refractivity contribution in [3.05, 3.63) is 87.6 Å². The van der Waals surface area contributed by atoms with Gasteiger partial charge in [0.15, 0.2) is 5.76 Å². The van der Waals surface area contributed by atoms with Crippen LogP contribution in [-0.2, 0) is 11.2 Å². The number of ketones is 1. The number of fused-ring (bicyclic) bond motifs is 1. The van der Waals surface area contributed by atoms with Crippen LogP contribution in [0.5, 0.6) is 23.0 Å². The van der Waals surface area contributed by atoms with Gasteiger partial charge in [0.25, 0.3) is 0 Å². The van der Waals surface area contributed by atoms with Gasteiger partial charge in [-0.25, -0.2) is 0 Å². The van der Waals surface area contributed by atoms with E-state index in [0.29, 0.717) is 44.7 Å². The molecule has 0 aromatic heterocycles. The Morgan fingerprint density at radius 1 is 1.00 bits per heavy atom. The van der Waals surface area contributed by atoms with Gasteiger partial charge in [-0.2, -0.15) is 0 Å². The fourth-order valence-corrected chi connectivity index (χ4v) is 3.63. The van der Waals surface area contributed by atoms with Gasteiger partial charge in [0.2, 0.25) is 5.78 Å². The number of benzene rings is 3. The molecule has 0 N–H and O–H groups in total. The van der Waals surface area contributed by atoms with Crippen molar-refractivity contribution >= 4 is 29.4 Å². The number of Topliss-reactive ketones (excluding diaryl/α,β-unsaturated/α-hetero) is 1. The summed E-state index contributed by atoms with van der Waals surface area (Å²) in [6.45, 7) is 1.74. The van der Waals surface area contributed by atoms with Crippen LogP contribution in [0.3, 0.4) is 0 Å². The Balaban J connectivity index is 1.57. The minimum atomic E-state index is -0.429. The molecule has 33 heavy (non-hydrogen) atoms. The van der Waals surface area contributed by atoms with E-state index in [4.69, 9.17) is 30.5 Å². The maximum atomic E-state index is 12.9. The molecule has 0 saturated carbocycles. The molecule has 3 aromatic carbocycles. The lowest BCUT2D eigenvalue weighted by Crippen LogP contribution is -2.12. The topological polar surface area (TPSA) is 71.1 Å². The number of halogens is 1. The van der Waals surface area contributed by atoms with Gasteiger partial charge in [0.1, 0.15) is 23.0 Å². The summed E-state index contributed by atoms with van der Waals surface area (Å²) < 4.78 is 22.1. The van der Waals surface area contributed by atoms with Crippen molar-refractivity contribution < 1.29 is 28.5 Å². The summed E-state index contributed by atoms with van der Waals surface area (Å²) in [6.07, 6.45) is 1.70. The average molecular weight is 465 g/mol. The highest BCUT2D eigenvalue weighted by atomic mass is 35.5. The van der Waals surface area contributed by atoms with Gasteiger partial charge in [-0.3, -0.25) is 9.59 Å². The zero-order valence-electron chi connectivity index (χ0n) is 18.3. The fourth-order valence-electron chi connectivity index (χ4n) is 3.50. The molecule has 0 saturated heterocycles. The Kier molecular flexibility index (Phi) is 6.38. The number of methoxy groups -OCH3 is 2. The highest BCUT2D eigenvalue weighted by molar-refractivity contribution is 6.30. The van der Waals surface area contributed by atoms with Crippen LogP contribution in [0.4, 0.5) is 0 Å². The summed E-state index contributed by atoms with van der Waals surface area (Å²) in [7, 11) is 3.11. The number of hydrogen-bond acceptors (Lipinski definition) is 6. The number of rotatable bonds is 6. The van der Waals surface area contributed by atoms with Crippen molar-refractivity contribution in [2.24, 2.45) is 0 Å². The zero-order valence-corrected chi connectivity index (χ0v) is 19.1. The molecule has 0 amide bonds. The van der Waals surface area contributed by atoms with Crippen LogP contribution >= 0.6 is 11.6 Å². The van der Waals surface area contributed by atoms with Crippen molar-refractivity contribution in [3.63, 3.8) is 0 Å². The molecule has 3 aromatic rings. The van der Waals surface area contributed by atoms with Gasteiger partial charge in [-0.15, -0.1) is 0 Å². The normalized spacial score (nSPS) is 13.5. The summed E-state index contributed by atoms with van der Waals surface area (Å²) in [5, 5.41) is 0.596. The van der Waals surface area contributed by atoms with Crippen LogP contribution in [-0.4, -0.2) is 26.0 Å². The summed E-state index contributed by atoms with van der Waals surface area (Å²) in [5.74, 6) is 1.34. The second-order valence-corrected chi connectivity index (χ2v) is 7.83. The van der Waals surface area contributed by atoms with Crippen LogP contribution in [0.15, 0.2) is 60.4 Å². The number of ether oxygens (including phenoxy) is 4. The molecule has 7 heteroatoms. The number of carbonyl (C=O) groups is 2. The molecule has 0 spiro atoms. The SMILES string of the molecule is COc1ccc(OC)c(/C=C2\Oc3c(ccc(OC(=O)Cc4ccc(Cl)cc4)c3C)C2=O)c1. The van der Waals surface area contributed by atoms with Crippen LogP contribution in [0.25, 0.3) is 6.08 Å². The molecule has 0 bridgehead atoms. The van der Waals surface area contributed by atoms with Crippen molar-refractivity contribution in [1.29, 1.82) is 0 Å². The molecule has 168 valence electrons. The Hall–Kier alpha value is -3.77. The summed E-state index contributed by atoms with van der Waals surface area (Å²) in [4.78, 5) is 25.3. The molecule has 0 fully saturated rings. The van der Waals surface area contributed by atoms with Crippen LogP contribution < -0.4 is 18.9 Å². The summed E-state index contributed by atoms with van der Waals surface area (Å²) in [5.41, 5.74) is 2.39. The van der Waals surface area contributed by atoms with E-state index in [1.807, 2.05) is 0 Å². The minimum absolute atomic E-state index is 0.0915. The monoisotopic (exact) mass is 464 g/mol. The summed E-state index contributed by atoms with van der Waals surface area (Å²) >= 11 is 5.88. The highest BCUT2D eigenvalue weighted by Crippen LogP contribution is 2.40. The van der Waals surface area contributed by atoms with E-state index in [9.17, 15) is 9.59 Å². The molecule has 0 unspecified atom stereocenters. The molecule has 1 aliphatic heterocycles. The van der Waals surface area contributed by atoms with Crippen molar-refractivity contribution in [2.45, 2.75) is 13.3 Å². The standard InChI is InChI=1S/C26H21ClO6/c1-15-21(32-24(28)12-16-4-6-18(27)7-5-16)11-9-20-25(29)23(33-26(15)20)14-17-13-19(30-2)8-10-22(17)31-3/h4-11,13-14H,12H2,1-3H3/b23-14-. The van der Waals surface area contributed by atoms with Crippen molar-refractivity contribution in [3.8, 4) is 23.0 Å². The van der Waals surface area contributed by atoms with E-state index < -0.39 is 5.97 Å². The number of carbonyl (C=O) groups excluding carboxylic acids is 2. The van der Waals surface area contributed by atoms with E-state index in [2.05, 4.69) is 0 Å². The Labute approximate surface area is 196 Å². The second-order valence-electron chi connectivity index (χ2n) is 7.39. The van der Waals surface area contributed by atoms with Crippen LogP contribution in [0.1, 0.15) is 27.0 Å². The quantitative estimate of drug-likeness (QED) is 0.275. The Morgan fingerprint density at radius 3 is 2.42 bits per heavy atom.